The molecule has 7 nitrogen and oxygen atoms in total. The maximum atomic E-state index is 12.4. The van der Waals surface area contributed by atoms with Crippen molar-refractivity contribution in [3.05, 3.63) is 41.1 Å². The van der Waals surface area contributed by atoms with Gasteiger partial charge in [-0.3, -0.25) is 4.90 Å². The monoisotopic (exact) mass is 374 g/mol. The molecule has 27 heavy (non-hydrogen) atoms. The first-order valence-electron chi connectivity index (χ1n) is 9.32. The molecule has 0 aromatic heterocycles. The lowest BCUT2D eigenvalue weighted by molar-refractivity contribution is -0.139. The van der Waals surface area contributed by atoms with Crippen molar-refractivity contribution >= 4 is 17.7 Å². The average molecular weight is 374 g/mol. The zero-order valence-electron chi connectivity index (χ0n) is 16.8. The second kappa shape index (κ2) is 9.41. The largest absolute Gasteiger partial charge is 0.463 e. The van der Waals surface area contributed by atoms with Crippen LogP contribution in [0.15, 0.2) is 35.5 Å². The fourth-order valence-corrected chi connectivity index (χ4v) is 3.06. The van der Waals surface area contributed by atoms with E-state index >= 15 is 0 Å². The van der Waals surface area contributed by atoms with Crippen molar-refractivity contribution in [2.24, 2.45) is 0 Å². The van der Waals surface area contributed by atoms with E-state index in [-0.39, 0.29) is 18.0 Å². The maximum Gasteiger partial charge on any atom is 0.337 e. The molecule has 0 aliphatic carbocycles. The Balaban J connectivity index is 2.19. The minimum absolute atomic E-state index is 0.295. The Morgan fingerprint density at radius 2 is 1.81 bits per heavy atom. The second-order valence-electron chi connectivity index (χ2n) is 6.80. The third kappa shape index (κ3) is 5.47. The SMILES string of the molecule is CCOC(=O)C1=C(CN(CC)Cc2ccc(N(C)C)cc2)NC(=O)N[C@H]1C. The number of likely N-dealkylation sites (N-methyl/N-ethyl adjacent to an activating group) is 1. The molecule has 1 aliphatic heterocycles. The third-order valence-electron chi connectivity index (χ3n) is 4.55. The predicted octanol–water partition coefficient (Wildman–Crippen LogP) is 2.09. The summed E-state index contributed by atoms with van der Waals surface area (Å²) in [4.78, 5) is 28.5. The summed E-state index contributed by atoms with van der Waals surface area (Å²) in [6.07, 6.45) is 0. The fourth-order valence-electron chi connectivity index (χ4n) is 3.06. The van der Waals surface area contributed by atoms with Crippen LogP contribution in [0.3, 0.4) is 0 Å². The van der Waals surface area contributed by atoms with E-state index in [0.717, 1.165) is 18.8 Å². The van der Waals surface area contributed by atoms with Crippen LogP contribution in [0.2, 0.25) is 0 Å². The van der Waals surface area contributed by atoms with Crippen LogP contribution in [-0.4, -0.2) is 56.7 Å². The van der Waals surface area contributed by atoms with Crippen molar-refractivity contribution in [3.63, 3.8) is 0 Å². The van der Waals surface area contributed by atoms with Crippen LogP contribution in [0, 0.1) is 0 Å². The lowest BCUT2D eigenvalue weighted by Gasteiger charge is -2.30. The highest BCUT2D eigenvalue weighted by Gasteiger charge is 2.30. The number of benzene rings is 1. The number of nitrogens with one attached hydrogen (secondary N) is 2. The number of esters is 1. The Morgan fingerprint density at radius 3 is 2.37 bits per heavy atom. The molecule has 0 unspecified atom stereocenters. The molecule has 1 aliphatic rings. The van der Waals surface area contributed by atoms with Crippen molar-refractivity contribution in [2.45, 2.75) is 33.4 Å². The lowest BCUT2D eigenvalue weighted by Crippen LogP contribution is -2.51. The summed E-state index contributed by atoms with van der Waals surface area (Å²) >= 11 is 0. The van der Waals surface area contributed by atoms with E-state index in [0.29, 0.717) is 24.4 Å². The van der Waals surface area contributed by atoms with Crippen molar-refractivity contribution in [2.75, 3.05) is 38.7 Å². The molecule has 0 saturated heterocycles. The predicted molar refractivity (Wildman–Crippen MR) is 107 cm³/mol. The van der Waals surface area contributed by atoms with E-state index in [1.807, 2.05) is 14.1 Å². The molecular weight excluding hydrogens is 344 g/mol. The smallest absolute Gasteiger partial charge is 0.337 e. The number of carbonyl (C=O) groups is 2. The summed E-state index contributed by atoms with van der Waals surface area (Å²) in [5, 5.41) is 5.52. The number of carbonyl (C=O) groups excluding carboxylic acids is 2. The van der Waals surface area contributed by atoms with E-state index in [1.165, 1.54) is 5.56 Å². The summed E-state index contributed by atoms with van der Waals surface area (Å²) in [5.74, 6) is -0.390. The van der Waals surface area contributed by atoms with Crippen LogP contribution in [0.25, 0.3) is 0 Å². The van der Waals surface area contributed by atoms with Crippen LogP contribution in [0.1, 0.15) is 26.3 Å². The number of urea groups is 1. The highest BCUT2D eigenvalue weighted by Crippen LogP contribution is 2.18. The van der Waals surface area contributed by atoms with Crippen LogP contribution in [-0.2, 0) is 16.1 Å². The first-order valence-corrected chi connectivity index (χ1v) is 9.32. The highest BCUT2D eigenvalue weighted by atomic mass is 16.5. The minimum Gasteiger partial charge on any atom is -0.463 e. The molecule has 0 radical (unpaired) electrons. The zero-order valence-corrected chi connectivity index (χ0v) is 16.8. The van der Waals surface area contributed by atoms with E-state index in [9.17, 15) is 9.59 Å². The lowest BCUT2D eigenvalue weighted by atomic mass is 10.0. The molecule has 7 heteroatoms. The van der Waals surface area contributed by atoms with Gasteiger partial charge in [-0.1, -0.05) is 19.1 Å². The Labute approximate surface area is 161 Å². The van der Waals surface area contributed by atoms with Gasteiger partial charge in [0.15, 0.2) is 0 Å². The van der Waals surface area contributed by atoms with Crippen LogP contribution >= 0.6 is 0 Å². The fraction of sp³-hybridized carbons (Fsp3) is 0.500. The second-order valence-corrected chi connectivity index (χ2v) is 6.80. The molecule has 1 atom stereocenters. The van der Waals surface area contributed by atoms with Crippen LogP contribution in [0.5, 0.6) is 0 Å². The highest BCUT2D eigenvalue weighted by molar-refractivity contribution is 5.94. The normalized spacial score (nSPS) is 16.8. The van der Waals surface area contributed by atoms with Gasteiger partial charge in [0.25, 0.3) is 0 Å². The molecule has 1 aromatic rings. The van der Waals surface area contributed by atoms with E-state index < -0.39 is 0 Å². The number of ether oxygens (including phenoxy) is 1. The first kappa shape index (κ1) is 20.8. The molecule has 2 amide bonds. The van der Waals surface area contributed by atoms with E-state index in [1.54, 1.807) is 13.8 Å². The molecule has 1 aromatic carbocycles. The summed E-state index contributed by atoms with van der Waals surface area (Å²) in [6, 6.07) is 7.69. The van der Waals surface area contributed by atoms with E-state index in [4.69, 9.17) is 4.74 Å². The van der Waals surface area contributed by atoms with Gasteiger partial charge in [0.05, 0.1) is 18.2 Å². The topological polar surface area (TPSA) is 73.9 Å². The molecule has 0 saturated carbocycles. The van der Waals surface area contributed by atoms with Gasteiger partial charge in [0, 0.05) is 38.6 Å². The quantitative estimate of drug-likeness (QED) is 0.682. The standard InChI is InChI=1S/C20H30N4O3/c1-6-24(12-15-8-10-16(11-9-15)23(4)5)13-17-18(19(25)27-7-2)14(3)21-20(26)22-17/h8-11,14H,6-7,12-13H2,1-5H3,(H2,21,22,26)/t14-/m0/s1. The molecule has 0 spiro atoms. The molecule has 0 fully saturated rings. The van der Waals surface area contributed by atoms with Gasteiger partial charge in [0.1, 0.15) is 0 Å². The summed E-state index contributed by atoms with van der Waals surface area (Å²) < 4.78 is 5.18. The van der Waals surface area contributed by atoms with Gasteiger partial charge in [-0.05, 0) is 38.1 Å². The Morgan fingerprint density at radius 1 is 1.15 bits per heavy atom. The number of amides is 2. The number of hydrogen-bond donors (Lipinski definition) is 2. The van der Waals surface area contributed by atoms with Gasteiger partial charge < -0.3 is 20.3 Å². The number of anilines is 1. The third-order valence-corrected chi connectivity index (χ3v) is 4.55. The number of hydrogen-bond acceptors (Lipinski definition) is 5. The molecule has 0 bridgehead atoms. The van der Waals surface area contributed by atoms with Gasteiger partial charge in [-0.15, -0.1) is 0 Å². The first-order chi connectivity index (χ1) is 12.8. The Hall–Kier alpha value is -2.54. The minimum atomic E-state index is -0.390. The van der Waals surface area contributed by atoms with Crippen LogP contribution < -0.4 is 15.5 Å². The molecule has 1 heterocycles. The summed E-state index contributed by atoms with van der Waals surface area (Å²) in [5.41, 5.74) is 3.41. The van der Waals surface area contributed by atoms with Crippen molar-refractivity contribution in [1.29, 1.82) is 0 Å². The molecular formula is C20H30N4O3. The average Bonchev–Trinajstić information content (AvgIpc) is 2.61. The van der Waals surface area contributed by atoms with Crippen molar-refractivity contribution < 1.29 is 14.3 Å². The van der Waals surface area contributed by atoms with Gasteiger partial charge in [-0.25, -0.2) is 9.59 Å². The molecule has 2 rings (SSSR count). The Kier molecular flexibility index (Phi) is 7.24. The molecule has 148 valence electrons. The maximum absolute atomic E-state index is 12.4. The Bertz CT molecular complexity index is 698. The van der Waals surface area contributed by atoms with Gasteiger partial charge in [0.2, 0.25) is 0 Å². The van der Waals surface area contributed by atoms with Crippen molar-refractivity contribution in [1.82, 2.24) is 15.5 Å². The van der Waals surface area contributed by atoms with E-state index in [2.05, 4.69) is 51.6 Å². The summed E-state index contributed by atoms with van der Waals surface area (Å²) in [7, 11) is 4.02. The zero-order chi connectivity index (χ0) is 20.0. The van der Waals surface area contributed by atoms with Crippen molar-refractivity contribution in [3.8, 4) is 0 Å². The summed E-state index contributed by atoms with van der Waals surface area (Å²) in [6.45, 7) is 7.90. The van der Waals surface area contributed by atoms with Gasteiger partial charge >= 0.3 is 12.0 Å². The number of rotatable bonds is 8. The van der Waals surface area contributed by atoms with Crippen LogP contribution in [0.4, 0.5) is 10.5 Å². The van der Waals surface area contributed by atoms with Gasteiger partial charge in [-0.2, -0.15) is 0 Å². The molecule has 2 N–H and O–H groups in total. The number of nitrogens with zero attached hydrogens (tertiary/aromatic N) is 2.